The Kier molecular flexibility index (Phi) is 6.17. The third kappa shape index (κ3) is 4.36. The van der Waals surface area contributed by atoms with Crippen LogP contribution in [0.1, 0.15) is 64.2 Å². The summed E-state index contributed by atoms with van der Waals surface area (Å²) in [5.41, 5.74) is 3.32. The summed E-state index contributed by atoms with van der Waals surface area (Å²) < 4.78 is 45.1. The van der Waals surface area contributed by atoms with Gasteiger partial charge in [-0.1, -0.05) is 48.5 Å². The van der Waals surface area contributed by atoms with Gasteiger partial charge >= 0.3 is 12.3 Å². The predicted octanol–water partition coefficient (Wildman–Crippen LogP) is 6.95. The highest BCUT2D eigenvalue weighted by molar-refractivity contribution is 6.00. The maximum atomic E-state index is 13.3. The molecule has 198 valence electrons. The summed E-state index contributed by atoms with van der Waals surface area (Å²) in [4.78, 5) is 28.3. The van der Waals surface area contributed by atoms with E-state index >= 15 is 0 Å². The van der Waals surface area contributed by atoms with Crippen molar-refractivity contribution in [3.05, 3.63) is 94.5 Å². The Bertz CT molecular complexity index is 1450. The molecule has 2 atom stereocenters. The molecule has 2 fully saturated rings. The van der Waals surface area contributed by atoms with E-state index < -0.39 is 23.8 Å². The second-order valence-electron chi connectivity index (χ2n) is 10.5. The Morgan fingerprint density at radius 3 is 2.08 bits per heavy atom. The van der Waals surface area contributed by atoms with Gasteiger partial charge in [0, 0.05) is 29.5 Å². The average Bonchev–Trinajstić information content (AvgIpc) is 3.40. The third-order valence-corrected chi connectivity index (χ3v) is 8.38. The standard InChI is InChI=1S/C31H25F3N2O3/c32-31(33,34)20-9-12-23(19(13-20)16-35)29(37)18-14-21-10-11-22(15-18)36(21)30(38)39-17-28-26-7-3-1-5-24(26)25-6-2-4-8-27(25)28/h1-9,12-13,18,21-22,28H,10-11,14-15,17H2. The number of fused-ring (bicyclic) bond motifs is 5. The van der Waals surface area contributed by atoms with Gasteiger partial charge in [0.25, 0.3) is 0 Å². The van der Waals surface area contributed by atoms with Crippen molar-refractivity contribution in [3.8, 4) is 17.2 Å². The summed E-state index contributed by atoms with van der Waals surface area (Å²) in [5.74, 6) is -0.865. The van der Waals surface area contributed by atoms with Crippen molar-refractivity contribution in [1.82, 2.24) is 4.90 Å². The SMILES string of the molecule is N#Cc1cc(C(F)(F)F)ccc1C(=O)C1CC2CCC(C1)N2C(=O)OCC1c2ccccc2-c2ccccc21. The van der Waals surface area contributed by atoms with E-state index in [1.54, 1.807) is 11.0 Å². The summed E-state index contributed by atoms with van der Waals surface area (Å²) in [7, 11) is 0. The van der Waals surface area contributed by atoms with Crippen LogP contribution in [0.4, 0.5) is 18.0 Å². The van der Waals surface area contributed by atoms with E-state index in [1.807, 2.05) is 24.3 Å². The van der Waals surface area contributed by atoms with E-state index in [-0.39, 0.29) is 41.5 Å². The third-order valence-electron chi connectivity index (χ3n) is 8.38. The van der Waals surface area contributed by atoms with Gasteiger partial charge in [0.1, 0.15) is 6.61 Å². The van der Waals surface area contributed by atoms with Crippen LogP contribution in [-0.2, 0) is 10.9 Å². The number of rotatable bonds is 4. The zero-order valence-corrected chi connectivity index (χ0v) is 20.9. The number of hydrogen-bond acceptors (Lipinski definition) is 4. The smallest absolute Gasteiger partial charge is 0.416 e. The largest absolute Gasteiger partial charge is 0.448 e. The Morgan fingerprint density at radius 2 is 1.51 bits per heavy atom. The second kappa shape index (κ2) is 9.57. The van der Waals surface area contributed by atoms with Crippen LogP contribution in [0.3, 0.4) is 0 Å². The molecule has 2 bridgehead atoms. The van der Waals surface area contributed by atoms with Crippen LogP contribution < -0.4 is 0 Å². The van der Waals surface area contributed by atoms with Gasteiger partial charge in [0.05, 0.1) is 17.2 Å². The van der Waals surface area contributed by atoms with Crippen LogP contribution in [0.25, 0.3) is 11.1 Å². The molecule has 0 radical (unpaired) electrons. The molecule has 0 spiro atoms. The lowest BCUT2D eigenvalue weighted by Crippen LogP contribution is -2.48. The fraction of sp³-hybridized carbons (Fsp3) is 0.323. The Morgan fingerprint density at radius 1 is 0.923 bits per heavy atom. The molecule has 3 aliphatic rings. The number of halogens is 3. The van der Waals surface area contributed by atoms with E-state index in [0.717, 1.165) is 53.3 Å². The quantitative estimate of drug-likeness (QED) is 0.342. The summed E-state index contributed by atoms with van der Waals surface area (Å²) in [6.45, 7) is 0.211. The highest BCUT2D eigenvalue weighted by Gasteiger charge is 2.46. The molecule has 6 rings (SSSR count). The molecule has 0 saturated carbocycles. The van der Waals surface area contributed by atoms with E-state index in [0.29, 0.717) is 12.8 Å². The highest BCUT2D eigenvalue weighted by atomic mass is 19.4. The maximum absolute atomic E-state index is 13.3. The number of nitriles is 1. The van der Waals surface area contributed by atoms with Gasteiger partial charge < -0.3 is 9.64 Å². The molecule has 0 aromatic heterocycles. The van der Waals surface area contributed by atoms with Gasteiger partial charge in [-0.25, -0.2) is 4.79 Å². The van der Waals surface area contributed by atoms with E-state index in [9.17, 15) is 28.0 Å². The molecule has 2 aliphatic heterocycles. The van der Waals surface area contributed by atoms with Gasteiger partial charge in [0.15, 0.2) is 5.78 Å². The van der Waals surface area contributed by atoms with Crippen molar-refractivity contribution < 1.29 is 27.5 Å². The second-order valence-corrected chi connectivity index (χ2v) is 10.5. The Balaban J connectivity index is 1.15. The van der Waals surface area contributed by atoms with Crippen LogP contribution in [0.5, 0.6) is 0 Å². The number of ketones is 1. The molecule has 5 nitrogen and oxygen atoms in total. The van der Waals surface area contributed by atoms with Crippen LogP contribution in [-0.4, -0.2) is 35.5 Å². The Labute approximate surface area is 223 Å². The van der Waals surface area contributed by atoms with Gasteiger partial charge in [-0.2, -0.15) is 18.4 Å². The van der Waals surface area contributed by atoms with Gasteiger partial charge in [-0.3, -0.25) is 4.79 Å². The van der Waals surface area contributed by atoms with Crippen molar-refractivity contribution >= 4 is 11.9 Å². The van der Waals surface area contributed by atoms with Crippen molar-refractivity contribution in [2.75, 3.05) is 6.61 Å². The molecule has 0 N–H and O–H groups in total. The monoisotopic (exact) mass is 530 g/mol. The minimum absolute atomic E-state index is 0.00416. The topological polar surface area (TPSA) is 70.4 Å². The molecule has 2 saturated heterocycles. The number of carbonyl (C=O) groups is 2. The number of alkyl halides is 3. The number of nitrogens with zero attached hydrogens (tertiary/aromatic N) is 2. The van der Waals surface area contributed by atoms with Crippen molar-refractivity contribution in [2.24, 2.45) is 5.92 Å². The molecular formula is C31H25F3N2O3. The van der Waals surface area contributed by atoms with E-state index in [2.05, 4.69) is 24.3 Å². The van der Waals surface area contributed by atoms with Crippen LogP contribution >= 0.6 is 0 Å². The number of benzene rings is 3. The first kappa shape index (κ1) is 25.2. The molecule has 2 unspecified atom stereocenters. The zero-order valence-electron chi connectivity index (χ0n) is 20.9. The lowest BCUT2D eigenvalue weighted by molar-refractivity contribution is -0.137. The zero-order chi connectivity index (χ0) is 27.3. The first-order valence-electron chi connectivity index (χ1n) is 13.0. The summed E-state index contributed by atoms with van der Waals surface area (Å²) in [6.07, 6.45) is -2.74. The lowest BCUT2D eigenvalue weighted by Gasteiger charge is -2.38. The molecule has 3 aromatic carbocycles. The van der Waals surface area contributed by atoms with Gasteiger partial charge in [-0.05, 0) is 66.1 Å². The molecular weight excluding hydrogens is 505 g/mol. The number of Topliss-reactive ketones (excluding diaryl/α,β-unsaturated/α-hetero) is 1. The Hall–Kier alpha value is -4.12. The maximum Gasteiger partial charge on any atom is 0.416 e. The fourth-order valence-electron chi connectivity index (χ4n) is 6.61. The van der Waals surface area contributed by atoms with Crippen molar-refractivity contribution in [2.45, 2.75) is 49.9 Å². The number of piperidine rings is 1. The summed E-state index contributed by atoms with van der Waals surface area (Å²) >= 11 is 0. The number of amides is 1. The number of ether oxygens (including phenoxy) is 1. The first-order valence-corrected chi connectivity index (χ1v) is 13.0. The average molecular weight is 531 g/mol. The van der Waals surface area contributed by atoms with Crippen molar-refractivity contribution in [3.63, 3.8) is 0 Å². The molecule has 1 aliphatic carbocycles. The lowest BCUT2D eigenvalue weighted by atomic mass is 9.83. The number of carbonyl (C=O) groups excluding carboxylic acids is 2. The van der Waals surface area contributed by atoms with E-state index in [4.69, 9.17) is 4.74 Å². The predicted molar refractivity (Wildman–Crippen MR) is 137 cm³/mol. The molecule has 2 heterocycles. The van der Waals surface area contributed by atoms with Crippen LogP contribution in [0, 0.1) is 17.2 Å². The highest BCUT2D eigenvalue weighted by Crippen LogP contribution is 2.45. The summed E-state index contributed by atoms with van der Waals surface area (Å²) in [6, 6.07) is 20.3. The molecule has 3 aromatic rings. The minimum Gasteiger partial charge on any atom is -0.448 e. The first-order chi connectivity index (χ1) is 18.8. The van der Waals surface area contributed by atoms with E-state index in [1.165, 1.54) is 0 Å². The van der Waals surface area contributed by atoms with Crippen molar-refractivity contribution in [1.29, 1.82) is 5.26 Å². The van der Waals surface area contributed by atoms with Gasteiger partial charge in [-0.15, -0.1) is 0 Å². The molecule has 1 amide bonds. The molecule has 8 heteroatoms. The fourth-order valence-corrected chi connectivity index (χ4v) is 6.61. The minimum atomic E-state index is -4.60. The molecule has 39 heavy (non-hydrogen) atoms. The van der Waals surface area contributed by atoms with Gasteiger partial charge in [0.2, 0.25) is 0 Å². The van der Waals surface area contributed by atoms with Crippen LogP contribution in [0.15, 0.2) is 66.7 Å². The number of hydrogen-bond donors (Lipinski definition) is 0. The normalized spacial score (nSPS) is 21.7. The summed E-state index contributed by atoms with van der Waals surface area (Å²) in [5, 5.41) is 9.42. The van der Waals surface area contributed by atoms with Crippen LogP contribution in [0.2, 0.25) is 0 Å².